The summed E-state index contributed by atoms with van der Waals surface area (Å²) in [5.74, 6) is -0.320. The maximum atomic E-state index is 12.8. The molecule has 0 saturated heterocycles. The highest BCUT2D eigenvalue weighted by atomic mass is 32.1. The van der Waals surface area contributed by atoms with Crippen LogP contribution in [0.5, 0.6) is 0 Å². The largest absolute Gasteiger partial charge is 0.354 e. The lowest BCUT2D eigenvalue weighted by Crippen LogP contribution is -2.30. The van der Waals surface area contributed by atoms with E-state index in [2.05, 4.69) is 10.3 Å². The lowest BCUT2D eigenvalue weighted by molar-refractivity contribution is -0.120. The van der Waals surface area contributed by atoms with Gasteiger partial charge in [-0.05, 0) is 17.7 Å². The second-order valence-corrected chi connectivity index (χ2v) is 5.29. The van der Waals surface area contributed by atoms with Gasteiger partial charge in [-0.3, -0.25) is 4.79 Å². The van der Waals surface area contributed by atoms with Crippen molar-refractivity contribution in [3.8, 4) is 0 Å². The molecule has 3 N–H and O–H groups in total. The van der Waals surface area contributed by atoms with Gasteiger partial charge in [0.05, 0.1) is 17.1 Å². The molecule has 2 rings (SSSR count). The van der Waals surface area contributed by atoms with E-state index in [1.165, 1.54) is 23.5 Å². The molecule has 2 aromatic rings. The molecule has 0 spiro atoms. The maximum absolute atomic E-state index is 12.8. The van der Waals surface area contributed by atoms with Gasteiger partial charge in [0.25, 0.3) is 0 Å². The molecule has 0 atom stereocenters. The van der Waals surface area contributed by atoms with Crippen molar-refractivity contribution in [1.29, 1.82) is 0 Å². The Hall–Kier alpha value is -1.79. The van der Waals surface area contributed by atoms with Gasteiger partial charge in [-0.25, -0.2) is 9.37 Å². The average molecular weight is 293 g/mol. The molecule has 0 saturated carbocycles. The quantitative estimate of drug-likeness (QED) is 0.848. The predicted molar refractivity (Wildman–Crippen MR) is 77.1 cm³/mol. The Morgan fingerprint density at radius 1 is 1.35 bits per heavy atom. The highest BCUT2D eigenvalue weighted by Gasteiger charge is 2.07. The summed E-state index contributed by atoms with van der Waals surface area (Å²) >= 11 is 1.50. The first-order valence-corrected chi connectivity index (χ1v) is 7.20. The van der Waals surface area contributed by atoms with Gasteiger partial charge in [0.1, 0.15) is 5.82 Å². The molecule has 0 aliphatic carbocycles. The summed E-state index contributed by atoms with van der Waals surface area (Å²) in [6.07, 6.45) is 0.912. The number of carbonyl (C=O) groups is 1. The summed E-state index contributed by atoms with van der Waals surface area (Å²) in [5, 5.41) is 5.50. The SMILES string of the molecule is NCCNC(=O)Cc1csc(Cc2ccc(F)cc2)n1. The van der Waals surface area contributed by atoms with E-state index in [4.69, 9.17) is 5.73 Å². The Morgan fingerprint density at radius 3 is 2.80 bits per heavy atom. The molecule has 0 aliphatic heterocycles. The normalized spacial score (nSPS) is 10.5. The third-order valence-electron chi connectivity index (χ3n) is 2.68. The molecule has 6 heteroatoms. The highest BCUT2D eigenvalue weighted by Crippen LogP contribution is 2.15. The van der Waals surface area contributed by atoms with Crippen molar-refractivity contribution in [3.63, 3.8) is 0 Å². The van der Waals surface area contributed by atoms with E-state index in [1.807, 2.05) is 5.38 Å². The minimum atomic E-state index is -0.245. The summed E-state index contributed by atoms with van der Waals surface area (Å²) < 4.78 is 12.8. The molecule has 1 aromatic carbocycles. The van der Waals surface area contributed by atoms with Crippen LogP contribution in [0.15, 0.2) is 29.6 Å². The predicted octanol–water partition coefficient (Wildman–Crippen LogP) is 1.49. The number of aromatic nitrogens is 1. The molecule has 0 aliphatic rings. The summed E-state index contributed by atoms with van der Waals surface area (Å²) in [7, 11) is 0. The Labute approximate surface area is 120 Å². The number of carbonyl (C=O) groups excluding carboxylic acids is 1. The van der Waals surface area contributed by atoms with Crippen molar-refractivity contribution < 1.29 is 9.18 Å². The first-order valence-electron chi connectivity index (χ1n) is 6.32. The summed E-state index contributed by atoms with van der Waals surface area (Å²) in [6.45, 7) is 0.907. The first-order chi connectivity index (χ1) is 9.67. The molecule has 20 heavy (non-hydrogen) atoms. The zero-order valence-electron chi connectivity index (χ0n) is 10.9. The number of nitrogens with zero attached hydrogens (tertiary/aromatic N) is 1. The Morgan fingerprint density at radius 2 is 2.10 bits per heavy atom. The number of benzene rings is 1. The maximum Gasteiger partial charge on any atom is 0.226 e. The molecule has 0 unspecified atom stereocenters. The highest BCUT2D eigenvalue weighted by molar-refractivity contribution is 7.09. The molecule has 1 aromatic heterocycles. The van der Waals surface area contributed by atoms with Crippen LogP contribution in [0, 0.1) is 5.82 Å². The molecule has 0 radical (unpaired) electrons. The van der Waals surface area contributed by atoms with E-state index in [0.29, 0.717) is 19.5 Å². The van der Waals surface area contributed by atoms with E-state index in [-0.39, 0.29) is 18.1 Å². The number of rotatable bonds is 6. The van der Waals surface area contributed by atoms with E-state index < -0.39 is 0 Å². The van der Waals surface area contributed by atoms with Gasteiger partial charge in [-0.15, -0.1) is 11.3 Å². The van der Waals surface area contributed by atoms with E-state index in [9.17, 15) is 9.18 Å². The zero-order chi connectivity index (χ0) is 14.4. The number of nitrogens with one attached hydrogen (secondary N) is 1. The lowest BCUT2D eigenvalue weighted by Gasteiger charge is -2.00. The van der Waals surface area contributed by atoms with Crippen LogP contribution in [0.4, 0.5) is 4.39 Å². The molecule has 1 amide bonds. The van der Waals surface area contributed by atoms with Crippen molar-refractivity contribution in [2.45, 2.75) is 12.8 Å². The van der Waals surface area contributed by atoms with Gasteiger partial charge >= 0.3 is 0 Å². The number of halogens is 1. The van der Waals surface area contributed by atoms with Crippen LogP contribution in [0.2, 0.25) is 0 Å². The molecule has 106 valence electrons. The second kappa shape index (κ2) is 7.12. The van der Waals surface area contributed by atoms with Crippen molar-refractivity contribution in [2.75, 3.05) is 13.1 Å². The van der Waals surface area contributed by atoms with Crippen LogP contribution in [0.3, 0.4) is 0 Å². The number of thiazole rings is 1. The molecule has 1 heterocycles. The molecule has 0 bridgehead atoms. The molecular weight excluding hydrogens is 277 g/mol. The number of hydrogen-bond donors (Lipinski definition) is 2. The minimum absolute atomic E-state index is 0.0749. The van der Waals surface area contributed by atoms with E-state index in [1.54, 1.807) is 12.1 Å². The van der Waals surface area contributed by atoms with Crippen molar-refractivity contribution >= 4 is 17.2 Å². The zero-order valence-corrected chi connectivity index (χ0v) is 11.8. The Bertz CT molecular complexity index is 568. The first kappa shape index (κ1) is 14.6. The third kappa shape index (κ3) is 4.40. The van der Waals surface area contributed by atoms with E-state index >= 15 is 0 Å². The van der Waals surface area contributed by atoms with Crippen LogP contribution in [0.25, 0.3) is 0 Å². The summed E-state index contributed by atoms with van der Waals surface area (Å²) in [4.78, 5) is 15.9. The van der Waals surface area contributed by atoms with Gasteiger partial charge in [0.15, 0.2) is 0 Å². The van der Waals surface area contributed by atoms with Crippen molar-refractivity contribution in [1.82, 2.24) is 10.3 Å². The van der Waals surface area contributed by atoms with Gasteiger partial charge in [0.2, 0.25) is 5.91 Å². The van der Waals surface area contributed by atoms with Gasteiger partial charge in [0, 0.05) is 24.9 Å². The van der Waals surface area contributed by atoms with Crippen LogP contribution in [-0.4, -0.2) is 24.0 Å². The molecule has 0 fully saturated rings. The summed E-state index contributed by atoms with van der Waals surface area (Å²) in [5.41, 5.74) is 7.07. The Kier molecular flexibility index (Phi) is 5.20. The number of nitrogens with two attached hydrogens (primary N) is 1. The minimum Gasteiger partial charge on any atom is -0.354 e. The number of hydrogen-bond acceptors (Lipinski definition) is 4. The summed E-state index contributed by atoms with van der Waals surface area (Å²) in [6, 6.07) is 6.35. The lowest BCUT2D eigenvalue weighted by atomic mass is 10.1. The van der Waals surface area contributed by atoms with Gasteiger partial charge in [-0.2, -0.15) is 0 Å². The monoisotopic (exact) mass is 293 g/mol. The van der Waals surface area contributed by atoms with Crippen LogP contribution >= 0.6 is 11.3 Å². The molecule has 4 nitrogen and oxygen atoms in total. The van der Waals surface area contributed by atoms with Gasteiger partial charge < -0.3 is 11.1 Å². The molecular formula is C14H16FN3OS. The average Bonchev–Trinajstić information content (AvgIpc) is 2.86. The fourth-order valence-corrected chi connectivity index (χ4v) is 2.55. The third-order valence-corrected chi connectivity index (χ3v) is 3.57. The Balaban J connectivity index is 1.91. The van der Waals surface area contributed by atoms with E-state index in [0.717, 1.165) is 16.3 Å². The smallest absolute Gasteiger partial charge is 0.226 e. The fraction of sp³-hybridized carbons (Fsp3) is 0.286. The second-order valence-electron chi connectivity index (χ2n) is 4.35. The topological polar surface area (TPSA) is 68.0 Å². The fourth-order valence-electron chi connectivity index (χ4n) is 1.73. The van der Waals surface area contributed by atoms with Crippen molar-refractivity contribution in [3.05, 3.63) is 51.7 Å². The van der Waals surface area contributed by atoms with Crippen LogP contribution in [0.1, 0.15) is 16.3 Å². The van der Waals surface area contributed by atoms with Gasteiger partial charge in [-0.1, -0.05) is 12.1 Å². The van der Waals surface area contributed by atoms with Crippen LogP contribution in [-0.2, 0) is 17.6 Å². The standard InChI is InChI=1S/C14H16FN3OS/c15-11-3-1-10(2-4-11)7-14-18-12(9-20-14)8-13(19)17-6-5-16/h1-4,9H,5-8,16H2,(H,17,19). The number of amides is 1. The van der Waals surface area contributed by atoms with Crippen molar-refractivity contribution in [2.24, 2.45) is 5.73 Å². The van der Waals surface area contributed by atoms with Crippen LogP contribution < -0.4 is 11.1 Å².